The number of alkyl halides is 1. The number of nitrogens with one attached hydrogen (secondary N) is 1. The topological polar surface area (TPSA) is 77.1 Å². The number of imidazole rings is 1. The van der Waals surface area contributed by atoms with Crippen LogP contribution < -0.4 is 21.5 Å². The monoisotopic (exact) mass is 522 g/mol. The van der Waals surface area contributed by atoms with Gasteiger partial charge in [0, 0.05) is 33.2 Å². The summed E-state index contributed by atoms with van der Waals surface area (Å²) in [6.07, 6.45) is 1.71. The maximum absolute atomic E-state index is 13.5. The molecule has 1 aromatic carbocycles. The summed E-state index contributed by atoms with van der Waals surface area (Å²) in [5, 5.41) is 3.42. The van der Waals surface area contributed by atoms with Gasteiger partial charge in [-0.2, -0.15) is 4.98 Å². The van der Waals surface area contributed by atoms with Crippen LogP contribution in [0.2, 0.25) is 0 Å². The van der Waals surface area contributed by atoms with Crippen LogP contribution in [0, 0.1) is 0 Å². The number of benzene rings is 1. The van der Waals surface area contributed by atoms with E-state index in [0.29, 0.717) is 24.1 Å². The summed E-state index contributed by atoms with van der Waals surface area (Å²) in [5.74, 6) is 0.748. The maximum Gasteiger partial charge on any atom is 0.332 e. The van der Waals surface area contributed by atoms with Crippen LogP contribution in [0.15, 0.2) is 39.9 Å². The first-order valence-electron chi connectivity index (χ1n) is 10.4. The van der Waals surface area contributed by atoms with Crippen molar-refractivity contribution in [2.24, 2.45) is 7.05 Å². The molecule has 1 aliphatic heterocycles. The molecule has 9 heteroatoms. The van der Waals surface area contributed by atoms with Gasteiger partial charge in [-0.1, -0.05) is 59.8 Å². The second kappa shape index (κ2) is 8.93. The Kier molecular flexibility index (Phi) is 6.28. The number of aryl methyl sites for hydroxylation is 1. The molecular formula is C21H27IN6O2. The largest absolute Gasteiger partial charge is 0.341 e. The number of anilines is 1. The number of halogens is 1. The van der Waals surface area contributed by atoms with Crippen LogP contribution in [0.3, 0.4) is 0 Å². The number of aromatic nitrogens is 4. The minimum absolute atomic E-state index is 0.125. The third kappa shape index (κ3) is 3.68. The number of nitrogens with zero attached hydrogens (tertiary/aromatic N) is 5. The van der Waals surface area contributed by atoms with E-state index in [-0.39, 0.29) is 15.3 Å². The highest BCUT2D eigenvalue weighted by atomic mass is 127. The van der Waals surface area contributed by atoms with Crippen molar-refractivity contribution in [1.29, 1.82) is 0 Å². The van der Waals surface area contributed by atoms with Gasteiger partial charge in [0.2, 0.25) is 5.95 Å². The molecule has 2 aromatic heterocycles. The minimum atomic E-state index is -0.312. The molecule has 1 N–H and O–H groups in total. The Morgan fingerprint density at radius 3 is 2.67 bits per heavy atom. The Morgan fingerprint density at radius 2 is 1.93 bits per heavy atom. The van der Waals surface area contributed by atoms with E-state index < -0.39 is 0 Å². The van der Waals surface area contributed by atoms with E-state index in [0.717, 1.165) is 44.1 Å². The molecule has 1 unspecified atom stereocenters. The lowest BCUT2D eigenvalue weighted by Gasteiger charge is -2.25. The molecule has 0 saturated carbocycles. The van der Waals surface area contributed by atoms with E-state index in [4.69, 9.17) is 4.98 Å². The number of fused-ring (bicyclic) bond motifs is 1. The summed E-state index contributed by atoms with van der Waals surface area (Å²) >= 11 is 2.36. The maximum atomic E-state index is 13.5. The van der Waals surface area contributed by atoms with Crippen LogP contribution in [0.1, 0.15) is 29.4 Å². The predicted octanol–water partition coefficient (Wildman–Crippen LogP) is 2.09. The highest BCUT2D eigenvalue weighted by Crippen LogP contribution is 2.33. The molecule has 0 amide bonds. The molecule has 30 heavy (non-hydrogen) atoms. The van der Waals surface area contributed by atoms with Crippen molar-refractivity contribution in [3.8, 4) is 0 Å². The predicted molar refractivity (Wildman–Crippen MR) is 128 cm³/mol. The summed E-state index contributed by atoms with van der Waals surface area (Å²) in [6, 6.07) is 10.1. The van der Waals surface area contributed by atoms with Crippen molar-refractivity contribution in [3.63, 3.8) is 0 Å². The normalized spacial score (nSPS) is 16.0. The van der Waals surface area contributed by atoms with Gasteiger partial charge < -0.3 is 10.2 Å². The first kappa shape index (κ1) is 21.1. The fraction of sp³-hybridized carbons (Fsp3) is 0.476. The van der Waals surface area contributed by atoms with Crippen molar-refractivity contribution in [2.45, 2.75) is 30.4 Å². The number of rotatable bonds is 5. The third-order valence-electron chi connectivity index (χ3n) is 5.53. The van der Waals surface area contributed by atoms with Crippen molar-refractivity contribution in [3.05, 3.63) is 56.7 Å². The highest BCUT2D eigenvalue weighted by molar-refractivity contribution is 14.1. The van der Waals surface area contributed by atoms with E-state index in [1.165, 1.54) is 9.13 Å². The van der Waals surface area contributed by atoms with Gasteiger partial charge in [0.15, 0.2) is 11.2 Å². The zero-order chi connectivity index (χ0) is 21.3. The van der Waals surface area contributed by atoms with Crippen LogP contribution in [-0.4, -0.2) is 44.9 Å². The third-order valence-corrected chi connectivity index (χ3v) is 6.81. The van der Waals surface area contributed by atoms with Crippen LogP contribution in [0.4, 0.5) is 5.95 Å². The van der Waals surface area contributed by atoms with E-state index in [1.54, 1.807) is 7.05 Å². The van der Waals surface area contributed by atoms with Gasteiger partial charge in [0.1, 0.15) is 4.05 Å². The van der Waals surface area contributed by atoms with Gasteiger partial charge in [-0.25, -0.2) is 4.79 Å². The molecule has 1 saturated heterocycles. The smallest absolute Gasteiger partial charge is 0.332 e. The lowest BCUT2D eigenvalue weighted by Crippen LogP contribution is -2.39. The molecule has 0 aliphatic carbocycles. The molecule has 3 aromatic rings. The van der Waals surface area contributed by atoms with Gasteiger partial charge in [-0.15, -0.1) is 0 Å². The Balaban J connectivity index is 2.02. The summed E-state index contributed by atoms with van der Waals surface area (Å²) in [7, 11) is 1.70. The molecule has 1 atom stereocenters. The van der Waals surface area contributed by atoms with Gasteiger partial charge in [-0.3, -0.25) is 18.5 Å². The minimum Gasteiger partial charge on any atom is -0.341 e. The van der Waals surface area contributed by atoms with Crippen molar-refractivity contribution >= 4 is 39.7 Å². The van der Waals surface area contributed by atoms with Gasteiger partial charge >= 0.3 is 5.69 Å². The molecule has 0 spiro atoms. The lowest BCUT2D eigenvalue weighted by atomic mass is 10.2. The molecule has 1 fully saturated rings. The number of hydrogen-bond donors (Lipinski definition) is 1. The Hall–Kier alpha value is -2.14. The fourth-order valence-electron chi connectivity index (χ4n) is 3.99. The van der Waals surface area contributed by atoms with E-state index in [2.05, 4.69) is 44.9 Å². The molecule has 8 nitrogen and oxygen atoms in total. The standard InChI is InChI=1S/C21H27IN6O2/c1-3-12-27-19(29)16-18(25(2)21(27)30)24-20(26-13-7-10-23-11-14-26)28(16)17(22)15-8-5-4-6-9-15/h4-6,8-9,17,23H,3,7,10-14H2,1-2H3. The van der Waals surface area contributed by atoms with E-state index in [1.807, 2.05) is 29.7 Å². The zero-order valence-electron chi connectivity index (χ0n) is 17.3. The highest BCUT2D eigenvalue weighted by Gasteiger charge is 2.27. The van der Waals surface area contributed by atoms with Gasteiger partial charge in [0.25, 0.3) is 5.56 Å². The lowest BCUT2D eigenvalue weighted by molar-refractivity contribution is 0.590. The number of hydrogen-bond acceptors (Lipinski definition) is 5. The molecule has 3 heterocycles. The zero-order valence-corrected chi connectivity index (χ0v) is 19.5. The SMILES string of the molecule is CCCn1c(=O)c2c(nc(N3CCCNCC3)n2C(I)c2ccccc2)n(C)c1=O. The first-order chi connectivity index (χ1) is 14.5. The van der Waals surface area contributed by atoms with Crippen molar-refractivity contribution in [1.82, 2.24) is 24.0 Å². The van der Waals surface area contributed by atoms with Crippen LogP contribution >= 0.6 is 22.6 Å². The van der Waals surface area contributed by atoms with E-state index in [9.17, 15) is 9.59 Å². The summed E-state index contributed by atoms with van der Waals surface area (Å²) in [5.41, 5.74) is 1.44. The average molecular weight is 522 g/mol. The summed E-state index contributed by atoms with van der Waals surface area (Å²) in [4.78, 5) is 33.4. The molecule has 0 bridgehead atoms. The molecular weight excluding hydrogens is 495 g/mol. The second-order valence-corrected chi connectivity index (χ2v) is 8.77. The Labute approximate surface area is 188 Å². The van der Waals surface area contributed by atoms with Gasteiger partial charge in [-0.05, 0) is 24.9 Å². The van der Waals surface area contributed by atoms with Crippen LogP contribution in [0.25, 0.3) is 11.2 Å². The summed E-state index contributed by atoms with van der Waals surface area (Å²) in [6.45, 7) is 5.84. The van der Waals surface area contributed by atoms with Crippen molar-refractivity contribution in [2.75, 3.05) is 31.1 Å². The Bertz CT molecular complexity index is 1140. The van der Waals surface area contributed by atoms with Crippen molar-refractivity contribution < 1.29 is 0 Å². The van der Waals surface area contributed by atoms with E-state index >= 15 is 0 Å². The second-order valence-electron chi connectivity index (χ2n) is 7.59. The quantitative estimate of drug-likeness (QED) is 0.411. The van der Waals surface area contributed by atoms with Crippen LogP contribution in [-0.2, 0) is 13.6 Å². The molecule has 0 radical (unpaired) electrons. The summed E-state index contributed by atoms with van der Waals surface area (Å²) < 4.78 is 4.74. The van der Waals surface area contributed by atoms with Crippen LogP contribution in [0.5, 0.6) is 0 Å². The molecule has 160 valence electrons. The fourth-order valence-corrected chi connectivity index (χ4v) is 4.94. The molecule has 1 aliphatic rings. The average Bonchev–Trinajstić information content (AvgIpc) is 2.96. The first-order valence-corrected chi connectivity index (χ1v) is 11.7. The van der Waals surface area contributed by atoms with Gasteiger partial charge in [0.05, 0.1) is 0 Å². The Morgan fingerprint density at radius 1 is 1.17 bits per heavy atom. The molecule has 4 rings (SSSR count).